The average molecular weight is 137 g/mol. The number of hydrogen-bond acceptors (Lipinski definition) is 3. The molecule has 0 rings (SSSR count). The molecule has 0 radical (unpaired) electrons. The summed E-state index contributed by atoms with van der Waals surface area (Å²) >= 11 is 0. The van der Waals surface area contributed by atoms with Gasteiger partial charge < -0.3 is 5.73 Å². The lowest BCUT2D eigenvalue weighted by molar-refractivity contribution is 0.850. The molecule has 44 valence electrons. The van der Waals surface area contributed by atoms with Crippen molar-refractivity contribution in [2.24, 2.45) is 5.73 Å². The highest BCUT2D eigenvalue weighted by atomic mass is 33.1. The second-order valence-corrected chi connectivity index (χ2v) is 4.04. The highest BCUT2D eigenvalue weighted by Crippen LogP contribution is 2.16. The van der Waals surface area contributed by atoms with Gasteiger partial charge >= 0.3 is 0 Å². The molecule has 0 aliphatic carbocycles. The molecule has 0 saturated carbocycles. The Morgan fingerprint density at radius 1 is 1.71 bits per heavy atom. The first-order valence-electron chi connectivity index (χ1n) is 2.18. The van der Waals surface area contributed by atoms with Gasteiger partial charge in [0.2, 0.25) is 0 Å². The highest BCUT2D eigenvalue weighted by molar-refractivity contribution is 8.76. The van der Waals surface area contributed by atoms with Gasteiger partial charge in [0, 0.05) is 11.8 Å². The summed E-state index contributed by atoms with van der Waals surface area (Å²) in [4.78, 5) is 0. The SMILES string of the molecule is CSSC[C@H](C)N. The zero-order valence-corrected chi connectivity index (χ0v) is 6.31. The zero-order chi connectivity index (χ0) is 5.70. The Kier molecular flexibility index (Phi) is 5.26. The van der Waals surface area contributed by atoms with E-state index in [0.717, 1.165) is 5.75 Å². The molecule has 0 aromatic rings. The fourth-order valence-corrected chi connectivity index (χ4v) is 1.58. The van der Waals surface area contributed by atoms with Crippen LogP contribution >= 0.6 is 21.6 Å². The lowest BCUT2D eigenvalue weighted by atomic mass is 10.4. The number of hydrogen-bond donors (Lipinski definition) is 1. The minimum Gasteiger partial charge on any atom is -0.327 e. The molecule has 0 spiro atoms. The van der Waals surface area contributed by atoms with Gasteiger partial charge in [-0.05, 0) is 13.2 Å². The molecule has 0 fully saturated rings. The van der Waals surface area contributed by atoms with E-state index in [1.54, 1.807) is 10.8 Å². The van der Waals surface area contributed by atoms with Gasteiger partial charge in [0.25, 0.3) is 0 Å². The molecule has 3 heteroatoms. The normalized spacial score (nSPS) is 14.1. The van der Waals surface area contributed by atoms with Crippen molar-refractivity contribution in [3.63, 3.8) is 0 Å². The lowest BCUT2D eigenvalue weighted by Gasteiger charge is -1.98. The maximum Gasteiger partial charge on any atom is 0.0186 e. The van der Waals surface area contributed by atoms with E-state index in [1.165, 1.54) is 0 Å². The van der Waals surface area contributed by atoms with Crippen LogP contribution in [0.3, 0.4) is 0 Å². The Hall–Kier alpha value is 0.660. The molecule has 0 heterocycles. The Morgan fingerprint density at radius 2 is 2.29 bits per heavy atom. The Morgan fingerprint density at radius 3 is 2.43 bits per heavy atom. The zero-order valence-electron chi connectivity index (χ0n) is 4.68. The number of rotatable bonds is 3. The Bertz CT molecular complexity index is 38.7. The Balaban J connectivity index is 2.68. The molecule has 0 aliphatic heterocycles. The minimum absolute atomic E-state index is 0.345. The van der Waals surface area contributed by atoms with E-state index in [9.17, 15) is 0 Å². The predicted octanol–water partition coefficient (Wildman–Crippen LogP) is 1.34. The van der Waals surface area contributed by atoms with Gasteiger partial charge in [0.1, 0.15) is 0 Å². The van der Waals surface area contributed by atoms with Crippen LogP contribution in [0.2, 0.25) is 0 Å². The van der Waals surface area contributed by atoms with Crippen LogP contribution < -0.4 is 5.73 Å². The lowest BCUT2D eigenvalue weighted by Crippen LogP contribution is -2.16. The standard InChI is InChI=1S/C4H11NS2/c1-4(5)3-7-6-2/h4H,3,5H2,1-2H3/t4-/m0/s1. The molecule has 0 saturated heterocycles. The van der Waals surface area contributed by atoms with Crippen LogP contribution in [0.15, 0.2) is 0 Å². The summed E-state index contributed by atoms with van der Waals surface area (Å²) in [7, 11) is 3.57. The van der Waals surface area contributed by atoms with Crippen molar-refractivity contribution in [1.82, 2.24) is 0 Å². The maximum absolute atomic E-state index is 5.44. The van der Waals surface area contributed by atoms with E-state index in [0.29, 0.717) is 6.04 Å². The van der Waals surface area contributed by atoms with E-state index >= 15 is 0 Å². The van der Waals surface area contributed by atoms with Gasteiger partial charge in [0.05, 0.1) is 0 Å². The van der Waals surface area contributed by atoms with E-state index in [-0.39, 0.29) is 0 Å². The van der Waals surface area contributed by atoms with Crippen molar-refractivity contribution in [1.29, 1.82) is 0 Å². The smallest absolute Gasteiger partial charge is 0.0186 e. The minimum atomic E-state index is 0.345. The van der Waals surface area contributed by atoms with Gasteiger partial charge in [-0.1, -0.05) is 21.6 Å². The van der Waals surface area contributed by atoms with E-state index < -0.39 is 0 Å². The largest absolute Gasteiger partial charge is 0.327 e. The van der Waals surface area contributed by atoms with Crippen LogP contribution in [-0.2, 0) is 0 Å². The molecular weight excluding hydrogens is 126 g/mol. The average Bonchev–Trinajstić information content (AvgIpc) is 1.61. The third kappa shape index (κ3) is 6.66. The molecule has 0 aromatic carbocycles. The molecular formula is C4H11NS2. The van der Waals surface area contributed by atoms with Crippen molar-refractivity contribution in [3.05, 3.63) is 0 Å². The summed E-state index contributed by atoms with van der Waals surface area (Å²) in [5.41, 5.74) is 5.44. The molecule has 0 bridgehead atoms. The second kappa shape index (κ2) is 4.81. The molecule has 1 atom stereocenters. The van der Waals surface area contributed by atoms with Crippen molar-refractivity contribution in [2.45, 2.75) is 13.0 Å². The molecule has 0 aromatic heterocycles. The summed E-state index contributed by atoms with van der Waals surface area (Å²) in [6.07, 6.45) is 2.06. The van der Waals surface area contributed by atoms with Crippen LogP contribution in [0.5, 0.6) is 0 Å². The quantitative estimate of drug-likeness (QED) is 0.595. The number of nitrogens with two attached hydrogens (primary N) is 1. The summed E-state index contributed by atoms with van der Waals surface area (Å²) in [5.74, 6) is 1.06. The van der Waals surface area contributed by atoms with Crippen LogP contribution in [-0.4, -0.2) is 18.1 Å². The van der Waals surface area contributed by atoms with Crippen molar-refractivity contribution in [3.8, 4) is 0 Å². The predicted molar refractivity (Wildman–Crippen MR) is 39.6 cm³/mol. The van der Waals surface area contributed by atoms with Gasteiger partial charge in [-0.15, -0.1) is 0 Å². The fourth-order valence-electron chi connectivity index (χ4n) is 0.175. The first-order chi connectivity index (χ1) is 3.27. The van der Waals surface area contributed by atoms with Crippen molar-refractivity contribution >= 4 is 21.6 Å². The molecule has 0 aliphatic rings. The van der Waals surface area contributed by atoms with Crippen LogP contribution in [0, 0.1) is 0 Å². The van der Waals surface area contributed by atoms with Crippen molar-refractivity contribution < 1.29 is 0 Å². The van der Waals surface area contributed by atoms with E-state index in [4.69, 9.17) is 5.73 Å². The monoisotopic (exact) mass is 137 g/mol. The van der Waals surface area contributed by atoms with Crippen LogP contribution in [0.25, 0.3) is 0 Å². The van der Waals surface area contributed by atoms with Crippen LogP contribution in [0.1, 0.15) is 6.92 Å². The summed E-state index contributed by atoms with van der Waals surface area (Å²) in [6.45, 7) is 2.02. The first kappa shape index (κ1) is 7.66. The van der Waals surface area contributed by atoms with Gasteiger partial charge in [-0.25, -0.2) is 0 Å². The second-order valence-electron chi connectivity index (χ2n) is 1.43. The highest BCUT2D eigenvalue weighted by Gasteiger charge is 1.89. The summed E-state index contributed by atoms with van der Waals surface area (Å²) < 4.78 is 0. The third-order valence-electron chi connectivity index (χ3n) is 0.449. The molecule has 1 nitrogen and oxygen atoms in total. The van der Waals surface area contributed by atoms with Crippen LogP contribution in [0.4, 0.5) is 0 Å². The van der Waals surface area contributed by atoms with Gasteiger partial charge in [-0.2, -0.15) is 0 Å². The molecule has 0 amide bonds. The van der Waals surface area contributed by atoms with Gasteiger partial charge in [0.15, 0.2) is 0 Å². The summed E-state index contributed by atoms with van der Waals surface area (Å²) in [5, 5.41) is 0. The van der Waals surface area contributed by atoms with Crippen molar-refractivity contribution in [2.75, 3.05) is 12.0 Å². The molecule has 2 N–H and O–H groups in total. The molecule has 0 unspecified atom stereocenters. The third-order valence-corrected chi connectivity index (χ3v) is 2.46. The molecule has 7 heavy (non-hydrogen) atoms. The topological polar surface area (TPSA) is 26.0 Å². The Labute approximate surface area is 52.8 Å². The van der Waals surface area contributed by atoms with E-state index in [2.05, 4.69) is 6.26 Å². The maximum atomic E-state index is 5.44. The fraction of sp³-hybridized carbons (Fsp3) is 1.00. The van der Waals surface area contributed by atoms with E-state index in [1.807, 2.05) is 17.7 Å². The first-order valence-corrected chi connectivity index (χ1v) is 4.91. The van der Waals surface area contributed by atoms with Gasteiger partial charge in [-0.3, -0.25) is 0 Å². The summed E-state index contributed by atoms with van der Waals surface area (Å²) in [6, 6.07) is 0.345.